The lowest BCUT2D eigenvalue weighted by atomic mass is 9.94. The summed E-state index contributed by atoms with van der Waals surface area (Å²) < 4.78 is 37.9. The van der Waals surface area contributed by atoms with E-state index in [4.69, 9.17) is 14.2 Å². The molecule has 2 fully saturated rings. The Bertz CT molecular complexity index is 545. The van der Waals surface area contributed by atoms with Crippen LogP contribution in [0.15, 0.2) is 12.2 Å². The Labute approximate surface area is 130 Å². The minimum Gasteiger partial charge on any atom is -0.457 e. The summed E-state index contributed by atoms with van der Waals surface area (Å²) in [5, 5.41) is -0.416. The van der Waals surface area contributed by atoms with E-state index in [9.17, 15) is 18.0 Å². The maximum Gasteiger partial charge on any atom is 0.344 e. The molecule has 0 aromatic rings. The molecule has 7 nitrogen and oxygen atoms in total. The van der Waals surface area contributed by atoms with E-state index in [1.165, 1.54) is 14.0 Å². The van der Waals surface area contributed by atoms with Crippen molar-refractivity contribution < 1.29 is 32.2 Å². The molecule has 0 spiro atoms. The van der Waals surface area contributed by atoms with Crippen molar-refractivity contribution in [2.24, 2.45) is 11.8 Å². The quantitative estimate of drug-likeness (QED) is 0.417. The molecule has 0 heterocycles. The molecule has 0 N–H and O–H groups in total. The van der Waals surface area contributed by atoms with Crippen LogP contribution in [0.2, 0.25) is 0 Å². The minimum atomic E-state index is -2.51. The summed E-state index contributed by atoms with van der Waals surface area (Å²) in [6, 6.07) is 0. The van der Waals surface area contributed by atoms with E-state index in [1.807, 2.05) is 0 Å². The Balaban J connectivity index is 1.92. The number of thiol groups is 1. The lowest BCUT2D eigenvalue weighted by molar-refractivity contribution is -0.168. The molecule has 22 heavy (non-hydrogen) atoms. The molecule has 5 atom stereocenters. The van der Waals surface area contributed by atoms with Crippen molar-refractivity contribution in [3.05, 3.63) is 12.2 Å². The zero-order chi connectivity index (χ0) is 16.4. The molecule has 8 heteroatoms. The molecule has 2 aliphatic rings. The molecule has 124 valence electrons. The molecule has 2 rings (SSSR count). The highest BCUT2D eigenvalue weighted by atomic mass is 32.2. The van der Waals surface area contributed by atoms with Crippen LogP contribution >= 0.6 is 0 Å². The number of esters is 2. The van der Waals surface area contributed by atoms with Crippen molar-refractivity contribution in [3.63, 3.8) is 0 Å². The van der Waals surface area contributed by atoms with Gasteiger partial charge in [0.1, 0.15) is 16.8 Å². The van der Waals surface area contributed by atoms with Crippen LogP contribution in [0, 0.1) is 11.8 Å². The number of methoxy groups -OCH3 is 1. The normalized spacial score (nSPS) is 33.0. The molecular formula is C14H20O7S. The highest BCUT2D eigenvalue weighted by molar-refractivity contribution is 7.73. The first-order chi connectivity index (χ1) is 10.3. The van der Waals surface area contributed by atoms with Gasteiger partial charge in [0.2, 0.25) is 0 Å². The Morgan fingerprint density at radius 2 is 1.91 bits per heavy atom. The minimum absolute atomic E-state index is 0.0337. The van der Waals surface area contributed by atoms with Crippen LogP contribution in [0.5, 0.6) is 0 Å². The molecule has 2 aliphatic carbocycles. The smallest absolute Gasteiger partial charge is 0.344 e. The zero-order valence-corrected chi connectivity index (χ0v) is 13.4. The van der Waals surface area contributed by atoms with Crippen LogP contribution in [-0.4, -0.2) is 51.5 Å². The van der Waals surface area contributed by atoms with Crippen LogP contribution in [-0.2, 0) is 34.5 Å². The van der Waals surface area contributed by atoms with Gasteiger partial charge in [0, 0.05) is 24.5 Å². The van der Waals surface area contributed by atoms with Crippen molar-refractivity contribution in [2.75, 3.05) is 13.7 Å². The van der Waals surface area contributed by atoms with Crippen LogP contribution in [0.3, 0.4) is 0 Å². The van der Waals surface area contributed by atoms with E-state index in [1.54, 1.807) is 0 Å². The summed E-state index contributed by atoms with van der Waals surface area (Å²) in [7, 11) is -1.04. The fourth-order valence-electron chi connectivity index (χ4n) is 3.37. The summed E-state index contributed by atoms with van der Waals surface area (Å²) in [4.78, 5) is 23.0. The van der Waals surface area contributed by atoms with Gasteiger partial charge in [0.25, 0.3) is 0 Å². The fraction of sp³-hybridized carbons (Fsp3) is 0.714. The Morgan fingerprint density at radius 3 is 2.45 bits per heavy atom. The molecule has 0 aromatic heterocycles. The van der Waals surface area contributed by atoms with Gasteiger partial charge in [-0.05, 0) is 19.8 Å². The first-order valence-electron chi connectivity index (χ1n) is 7.03. The largest absolute Gasteiger partial charge is 0.457 e. The van der Waals surface area contributed by atoms with E-state index in [0.29, 0.717) is 12.8 Å². The number of hydrogen-bond acceptors (Lipinski definition) is 7. The lowest BCUT2D eigenvalue weighted by Crippen LogP contribution is -2.44. The summed E-state index contributed by atoms with van der Waals surface area (Å²) in [6.07, 6.45) is 0.220. The van der Waals surface area contributed by atoms with Gasteiger partial charge in [-0.25, -0.2) is 18.0 Å². The van der Waals surface area contributed by atoms with Crippen molar-refractivity contribution in [1.82, 2.24) is 0 Å². The summed E-state index contributed by atoms with van der Waals surface area (Å²) in [5.74, 6) is -1.51. The second-order valence-electron chi connectivity index (χ2n) is 5.76. The second-order valence-corrected chi connectivity index (χ2v) is 6.99. The predicted octanol–water partition coefficient (Wildman–Crippen LogP) is 0.0523. The third-order valence-corrected chi connectivity index (χ3v) is 5.44. The van der Waals surface area contributed by atoms with Gasteiger partial charge in [-0.3, -0.25) is 0 Å². The van der Waals surface area contributed by atoms with E-state index in [-0.39, 0.29) is 17.4 Å². The third kappa shape index (κ3) is 3.33. The molecular weight excluding hydrogens is 312 g/mol. The molecule has 0 aromatic carbocycles. The number of rotatable bonds is 6. The van der Waals surface area contributed by atoms with Gasteiger partial charge in [-0.1, -0.05) is 6.58 Å². The molecule has 0 radical (unpaired) electrons. The first-order valence-corrected chi connectivity index (χ1v) is 8.28. The van der Waals surface area contributed by atoms with Crippen LogP contribution in [0.1, 0.15) is 19.8 Å². The highest BCUT2D eigenvalue weighted by Crippen LogP contribution is 2.48. The van der Waals surface area contributed by atoms with Crippen LogP contribution in [0.4, 0.5) is 0 Å². The van der Waals surface area contributed by atoms with E-state index in [2.05, 4.69) is 6.58 Å². The van der Waals surface area contributed by atoms with Gasteiger partial charge in [-0.2, -0.15) is 0 Å². The van der Waals surface area contributed by atoms with E-state index >= 15 is 0 Å². The number of fused-ring (bicyclic) bond motifs is 2. The number of carbonyl (C=O) groups is 2. The molecule has 2 saturated carbocycles. The average Bonchev–Trinajstić information content (AvgIpc) is 3.02. The average molecular weight is 332 g/mol. The Hall–Kier alpha value is -1.41. The van der Waals surface area contributed by atoms with Crippen LogP contribution in [0.25, 0.3) is 0 Å². The maximum absolute atomic E-state index is 11.8. The van der Waals surface area contributed by atoms with Crippen molar-refractivity contribution in [2.45, 2.75) is 37.2 Å². The second kappa shape index (κ2) is 6.78. The number of hydrogen-bond donors (Lipinski definition) is 1. The fourth-order valence-corrected chi connectivity index (χ4v) is 4.42. The van der Waals surface area contributed by atoms with Gasteiger partial charge in [-0.15, -0.1) is 0 Å². The predicted molar refractivity (Wildman–Crippen MR) is 76.8 cm³/mol. The Morgan fingerprint density at radius 1 is 1.23 bits per heavy atom. The molecule has 0 saturated heterocycles. The highest BCUT2D eigenvalue weighted by Gasteiger charge is 2.56. The van der Waals surface area contributed by atoms with Crippen LogP contribution < -0.4 is 0 Å². The number of ether oxygens (including phenoxy) is 3. The van der Waals surface area contributed by atoms with Gasteiger partial charge in [0.05, 0.1) is 11.4 Å². The molecule has 0 aliphatic heterocycles. The summed E-state index contributed by atoms with van der Waals surface area (Å²) in [6.45, 7) is 4.40. The van der Waals surface area contributed by atoms with Crippen molar-refractivity contribution in [3.8, 4) is 0 Å². The SMILES string of the molecule is C=C(C)C(=O)OCC(=O)OC1C2CC(C1OC)C([SH](=O)=O)C2. The van der Waals surface area contributed by atoms with Crippen molar-refractivity contribution in [1.29, 1.82) is 0 Å². The molecule has 5 unspecified atom stereocenters. The van der Waals surface area contributed by atoms with E-state index < -0.39 is 46.7 Å². The third-order valence-electron chi connectivity index (χ3n) is 4.30. The topological polar surface area (TPSA) is 96.0 Å². The van der Waals surface area contributed by atoms with Gasteiger partial charge < -0.3 is 14.2 Å². The van der Waals surface area contributed by atoms with Crippen molar-refractivity contribution >= 4 is 22.6 Å². The summed E-state index contributed by atoms with van der Waals surface area (Å²) in [5.41, 5.74) is 0.199. The number of carbonyl (C=O) groups excluding carboxylic acids is 2. The monoisotopic (exact) mass is 332 g/mol. The summed E-state index contributed by atoms with van der Waals surface area (Å²) >= 11 is 0. The maximum atomic E-state index is 11.8. The molecule has 0 amide bonds. The van der Waals surface area contributed by atoms with Gasteiger partial charge >= 0.3 is 11.9 Å². The Kier molecular flexibility index (Phi) is 5.23. The first kappa shape index (κ1) is 17.0. The van der Waals surface area contributed by atoms with E-state index in [0.717, 1.165) is 0 Å². The standard InChI is InChI=1S/C14H20O7S/c1-7(2)14(16)20-6-11(15)21-12-8-4-9(13(12)19-3)10(5-8)22(17)18/h8-10,12-13,22H,1,4-6H2,2-3H3. The van der Waals surface area contributed by atoms with Gasteiger partial charge in [0.15, 0.2) is 6.61 Å². The molecule has 2 bridgehead atoms. The lowest BCUT2D eigenvalue weighted by Gasteiger charge is -2.32. The zero-order valence-electron chi connectivity index (χ0n) is 12.5.